The van der Waals surface area contributed by atoms with Gasteiger partial charge in [0.05, 0.1) is 0 Å². The summed E-state index contributed by atoms with van der Waals surface area (Å²) in [4.78, 5) is 6.53. The lowest BCUT2D eigenvalue weighted by Crippen LogP contribution is -2.25. The number of rotatable bonds is 5. The predicted octanol–water partition coefficient (Wildman–Crippen LogP) is 5.53. The first-order valence-corrected chi connectivity index (χ1v) is 11.4. The van der Waals surface area contributed by atoms with Crippen molar-refractivity contribution in [1.82, 2.24) is 9.88 Å². The second-order valence-corrected chi connectivity index (χ2v) is 8.63. The standard InChI is InChI=1S/C29H28N2O2/c1-21-5-2-3-7-27(21)23-10-8-22(9-11-23)19-31-15-16-33-28-13-12-24(17-26(28)20-31)29(32)25-6-4-14-30-18-25/h2-14,17-18,29,32H,15-16,19-20H2,1H3. The average Bonchev–Trinajstić information content (AvgIpc) is 3.06. The second kappa shape index (κ2) is 9.57. The van der Waals surface area contributed by atoms with Gasteiger partial charge in [-0.05, 0) is 52.9 Å². The maximum atomic E-state index is 10.8. The molecule has 1 aliphatic rings. The van der Waals surface area contributed by atoms with Gasteiger partial charge >= 0.3 is 0 Å². The van der Waals surface area contributed by atoms with Crippen LogP contribution in [0.3, 0.4) is 0 Å². The van der Waals surface area contributed by atoms with E-state index in [-0.39, 0.29) is 0 Å². The van der Waals surface area contributed by atoms with Crippen LogP contribution in [-0.4, -0.2) is 28.1 Å². The highest BCUT2D eigenvalue weighted by Crippen LogP contribution is 2.30. The molecule has 0 fully saturated rings. The number of fused-ring (bicyclic) bond motifs is 1. The Morgan fingerprint density at radius 1 is 0.970 bits per heavy atom. The van der Waals surface area contributed by atoms with Gasteiger partial charge in [0.15, 0.2) is 0 Å². The molecule has 0 saturated carbocycles. The third-order valence-electron chi connectivity index (χ3n) is 6.28. The topological polar surface area (TPSA) is 45.6 Å². The van der Waals surface area contributed by atoms with Crippen molar-refractivity contribution in [3.63, 3.8) is 0 Å². The van der Waals surface area contributed by atoms with Crippen LogP contribution in [0.4, 0.5) is 0 Å². The third kappa shape index (κ3) is 4.82. The van der Waals surface area contributed by atoms with E-state index in [4.69, 9.17) is 4.74 Å². The molecule has 4 aromatic rings. The Labute approximate surface area is 195 Å². The molecule has 0 aliphatic carbocycles. The highest BCUT2D eigenvalue weighted by atomic mass is 16.5. The number of nitrogens with zero attached hydrogens (tertiary/aromatic N) is 2. The summed E-state index contributed by atoms with van der Waals surface area (Å²) >= 11 is 0. The molecule has 2 heterocycles. The van der Waals surface area contributed by atoms with Crippen molar-refractivity contribution in [2.24, 2.45) is 0 Å². The van der Waals surface area contributed by atoms with Crippen LogP contribution < -0.4 is 4.74 Å². The highest BCUT2D eigenvalue weighted by Gasteiger charge is 2.19. The molecule has 33 heavy (non-hydrogen) atoms. The highest BCUT2D eigenvalue weighted by molar-refractivity contribution is 5.67. The zero-order valence-corrected chi connectivity index (χ0v) is 18.8. The molecule has 4 nitrogen and oxygen atoms in total. The maximum absolute atomic E-state index is 10.8. The van der Waals surface area contributed by atoms with E-state index < -0.39 is 6.10 Å². The molecule has 0 bridgehead atoms. The van der Waals surface area contributed by atoms with Gasteiger partial charge in [0, 0.05) is 43.2 Å². The summed E-state index contributed by atoms with van der Waals surface area (Å²) in [7, 11) is 0. The first-order chi connectivity index (χ1) is 16.2. The van der Waals surface area contributed by atoms with Crippen molar-refractivity contribution in [1.29, 1.82) is 0 Å². The fourth-order valence-electron chi connectivity index (χ4n) is 4.45. The molecule has 1 aliphatic heterocycles. The minimum atomic E-state index is -0.699. The Morgan fingerprint density at radius 2 is 1.82 bits per heavy atom. The first kappa shape index (κ1) is 21.4. The van der Waals surface area contributed by atoms with Gasteiger partial charge in [-0.15, -0.1) is 0 Å². The first-order valence-electron chi connectivity index (χ1n) is 11.4. The lowest BCUT2D eigenvalue weighted by atomic mass is 9.99. The van der Waals surface area contributed by atoms with Crippen LogP contribution >= 0.6 is 0 Å². The number of aliphatic hydroxyl groups is 1. The summed E-state index contributed by atoms with van der Waals surface area (Å²) < 4.78 is 6.01. The van der Waals surface area contributed by atoms with Crippen molar-refractivity contribution < 1.29 is 9.84 Å². The summed E-state index contributed by atoms with van der Waals surface area (Å²) in [5.74, 6) is 0.898. The minimum Gasteiger partial charge on any atom is -0.492 e. The monoisotopic (exact) mass is 436 g/mol. The number of pyridine rings is 1. The van der Waals surface area contributed by atoms with Crippen LogP contribution in [0, 0.1) is 6.92 Å². The van der Waals surface area contributed by atoms with Crippen molar-refractivity contribution >= 4 is 0 Å². The number of aromatic nitrogens is 1. The van der Waals surface area contributed by atoms with E-state index in [1.165, 1.54) is 22.3 Å². The van der Waals surface area contributed by atoms with Gasteiger partial charge in [-0.2, -0.15) is 0 Å². The Morgan fingerprint density at radius 3 is 2.61 bits per heavy atom. The molecule has 4 heteroatoms. The Bertz CT molecular complexity index is 1220. The number of aliphatic hydroxyl groups excluding tert-OH is 1. The zero-order valence-electron chi connectivity index (χ0n) is 18.8. The quantitative estimate of drug-likeness (QED) is 0.447. The third-order valence-corrected chi connectivity index (χ3v) is 6.28. The summed E-state index contributed by atoms with van der Waals surface area (Å²) in [5.41, 5.74) is 7.84. The van der Waals surface area contributed by atoms with Crippen LogP contribution in [0.25, 0.3) is 11.1 Å². The van der Waals surface area contributed by atoms with Crippen molar-refractivity contribution in [3.8, 4) is 16.9 Å². The molecule has 1 N–H and O–H groups in total. The van der Waals surface area contributed by atoms with Gasteiger partial charge < -0.3 is 9.84 Å². The summed E-state index contributed by atoms with van der Waals surface area (Å²) in [5, 5.41) is 10.8. The van der Waals surface area contributed by atoms with E-state index in [2.05, 4.69) is 71.4 Å². The zero-order chi connectivity index (χ0) is 22.6. The molecular weight excluding hydrogens is 408 g/mol. The summed E-state index contributed by atoms with van der Waals surface area (Å²) in [6, 6.07) is 27.1. The second-order valence-electron chi connectivity index (χ2n) is 8.63. The lowest BCUT2D eigenvalue weighted by molar-refractivity contribution is 0.218. The summed E-state index contributed by atoms with van der Waals surface area (Å²) in [6.45, 7) is 5.29. The molecule has 0 radical (unpaired) electrons. The smallest absolute Gasteiger partial charge is 0.123 e. The van der Waals surface area contributed by atoms with Crippen LogP contribution in [0.2, 0.25) is 0 Å². The van der Waals surface area contributed by atoms with Crippen molar-refractivity contribution in [3.05, 3.63) is 119 Å². The maximum Gasteiger partial charge on any atom is 0.123 e. The van der Waals surface area contributed by atoms with E-state index in [9.17, 15) is 5.11 Å². The Hall–Kier alpha value is -3.47. The van der Waals surface area contributed by atoms with Crippen LogP contribution in [0.1, 0.15) is 33.9 Å². The van der Waals surface area contributed by atoms with Gasteiger partial charge in [-0.3, -0.25) is 9.88 Å². The fraction of sp³-hybridized carbons (Fsp3) is 0.207. The number of aryl methyl sites for hydroxylation is 1. The molecule has 0 saturated heterocycles. The molecule has 3 aromatic carbocycles. The molecule has 1 atom stereocenters. The largest absolute Gasteiger partial charge is 0.492 e. The SMILES string of the molecule is Cc1ccccc1-c1ccc(CN2CCOc3ccc(C(O)c4cccnc4)cc3C2)cc1. The van der Waals surface area contributed by atoms with Crippen molar-refractivity contribution in [2.45, 2.75) is 26.1 Å². The van der Waals surface area contributed by atoms with Crippen LogP contribution in [0.15, 0.2) is 91.3 Å². The molecule has 0 spiro atoms. The Balaban J connectivity index is 1.32. The van der Waals surface area contributed by atoms with Gasteiger partial charge in [0.25, 0.3) is 0 Å². The normalized spacial score (nSPS) is 14.7. The van der Waals surface area contributed by atoms with Crippen LogP contribution in [0.5, 0.6) is 5.75 Å². The number of hydrogen-bond acceptors (Lipinski definition) is 4. The van der Waals surface area contributed by atoms with Gasteiger partial charge in [0.1, 0.15) is 18.5 Å². The predicted molar refractivity (Wildman–Crippen MR) is 131 cm³/mol. The molecule has 5 rings (SSSR count). The van der Waals surface area contributed by atoms with E-state index in [0.717, 1.165) is 42.1 Å². The molecule has 1 aromatic heterocycles. The van der Waals surface area contributed by atoms with E-state index >= 15 is 0 Å². The molecule has 0 amide bonds. The van der Waals surface area contributed by atoms with Gasteiger partial charge in [-0.1, -0.05) is 60.7 Å². The average molecular weight is 437 g/mol. The molecular formula is C29H28N2O2. The number of ether oxygens (including phenoxy) is 1. The lowest BCUT2D eigenvalue weighted by Gasteiger charge is -2.20. The summed E-state index contributed by atoms with van der Waals surface area (Å²) in [6.07, 6.45) is 2.72. The van der Waals surface area contributed by atoms with Gasteiger partial charge in [0.2, 0.25) is 0 Å². The van der Waals surface area contributed by atoms with E-state index in [1.54, 1.807) is 12.4 Å². The molecule has 1 unspecified atom stereocenters. The Kier molecular flexibility index (Phi) is 6.20. The van der Waals surface area contributed by atoms with Crippen molar-refractivity contribution in [2.75, 3.05) is 13.2 Å². The van der Waals surface area contributed by atoms with E-state index in [0.29, 0.717) is 6.61 Å². The number of benzene rings is 3. The van der Waals surface area contributed by atoms with Crippen LogP contribution in [-0.2, 0) is 13.1 Å². The minimum absolute atomic E-state index is 0.652. The van der Waals surface area contributed by atoms with Gasteiger partial charge in [-0.25, -0.2) is 0 Å². The molecule has 166 valence electrons. The number of hydrogen-bond donors (Lipinski definition) is 1. The van der Waals surface area contributed by atoms with E-state index in [1.807, 2.05) is 24.3 Å². The fourth-order valence-corrected chi connectivity index (χ4v) is 4.45.